The van der Waals surface area contributed by atoms with Crippen molar-refractivity contribution in [3.05, 3.63) is 0 Å². The number of carbonyl (C=O) groups excluding carboxylic acids is 2. The van der Waals surface area contributed by atoms with E-state index in [0.29, 0.717) is 0 Å². The van der Waals surface area contributed by atoms with Crippen LogP contribution in [0.15, 0.2) is 0 Å². The highest BCUT2D eigenvalue weighted by atomic mass is 31.2. The normalized spacial score (nSPS) is 17.6. The van der Waals surface area contributed by atoms with E-state index in [9.17, 15) is 18.7 Å². The van der Waals surface area contributed by atoms with Crippen LogP contribution in [-0.2, 0) is 46.3 Å². The Balaban J connectivity index is 3.86. The molecule has 10 nitrogen and oxygen atoms in total. The first-order valence-corrected chi connectivity index (χ1v) is 12.9. The van der Waals surface area contributed by atoms with Crippen LogP contribution < -0.4 is 0 Å². The molecule has 0 radical (unpaired) electrons. The molecule has 0 saturated heterocycles. The lowest BCUT2D eigenvalue weighted by atomic mass is 10.1. The minimum Gasteiger partial charge on any atom is -0.465 e. The molecule has 0 unspecified atom stereocenters. The second-order valence-electron chi connectivity index (χ2n) is 6.01. The van der Waals surface area contributed by atoms with E-state index in [1.165, 1.54) is 0 Å². The molecule has 170 valence electrons. The standard InChI is InChI=1S/C17H32O10P2/c1-7-22-14(18)16(15(19)23-8-2)13-17(16,28(20,24-9-3)25-10-4)29(21,26-11-5)27-12-6/h7-13H2,1-6H3. The van der Waals surface area contributed by atoms with Crippen molar-refractivity contribution in [1.29, 1.82) is 0 Å². The van der Waals surface area contributed by atoms with E-state index in [1.807, 2.05) is 0 Å². The number of carbonyl (C=O) groups is 2. The average Bonchev–Trinajstić information content (AvgIpc) is 3.37. The minimum atomic E-state index is -4.38. The predicted molar refractivity (Wildman–Crippen MR) is 105 cm³/mol. The highest BCUT2D eigenvalue weighted by molar-refractivity contribution is 7.75. The smallest absolute Gasteiger partial charge is 0.350 e. The Bertz CT molecular complexity index is 609. The Morgan fingerprint density at radius 3 is 1.21 bits per heavy atom. The van der Waals surface area contributed by atoms with Crippen molar-refractivity contribution in [3.63, 3.8) is 0 Å². The highest BCUT2D eigenvalue weighted by Crippen LogP contribution is 2.94. The average molecular weight is 458 g/mol. The lowest BCUT2D eigenvalue weighted by molar-refractivity contribution is -0.164. The van der Waals surface area contributed by atoms with E-state index >= 15 is 0 Å². The fourth-order valence-corrected chi connectivity index (χ4v) is 9.80. The van der Waals surface area contributed by atoms with Crippen LogP contribution >= 0.6 is 15.2 Å². The third kappa shape index (κ3) is 4.21. The van der Waals surface area contributed by atoms with Gasteiger partial charge < -0.3 is 27.6 Å². The minimum absolute atomic E-state index is 0.0583. The molecule has 0 atom stereocenters. The van der Waals surface area contributed by atoms with Gasteiger partial charge in [-0.2, -0.15) is 0 Å². The van der Waals surface area contributed by atoms with Crippen molar-refractivity contribution in [2.45, 2.75) is 52.9 Å². The van der Waals surface area contributed by atoms with Gasteiger partial charge >= 0.3 is 27.1 Å². The SMILES string of the molecule is CCOC(=O)C1(C(=O)OCC)CC1(P(=O)(OCC)OCC)P(=O)(OCC)OCC. The number of ether oxygens (including phenoxy) is 2. The van der Waals surface area contributed by atoms with E-state index in [0.717, 1.165) is 0 Å². The molecule has 1 rings (SSSR count). The molecule has 29 heavy (non-hydrogen) atoms. The zero-order valence-corrected chi connectivity index (χ0v) is 19.7. The van der Waals surface area contributed by atoms with Crippen LogP contribution in [0.3, 0.4) is 0 Å². The molecular weight excluding hydrogens is 426 g/mol. The summed E-state index contributed by atoms with van der Waals surface area (Å²) in [6, 6.07) is 0. The lowest BCUT2D eigenvalue weighted by Crippen LogP contribution is -2.39. The first-order valence-electron chi connectivity index (χ1n) is 9.79. The summed E-state index contributed by atoms with van der Waals surface area (Å²) < 4.78 is 59.8. The lowest BCUT2D eigenvalue weighted by Gasteiger charge is -2.34. The molecule has 1 aliphatic rings. The molecule has 12 heteroatoms. The van der Waals surface area contributed by atoms with Crippen LogP contribution in [0.25, 0.3) is 0 Å². The summed E-state index contributed by atoms with van der Waals surface area (Å²) in [6.45, 7) is 8.89. The molecule has 0 aromatic rings. The Hall–Kier alpha value is -0.760. The predicted octanol–water partition coefficient (Wildman–Crippen LogP) is 3.73. The Morgan fingerprint density at radius 1 is 0.655 bits per heavy atom. The maximum absolute atomic E-state index is 13.9. The molecular formula is C17H32O10P2. The summed E-state index contributed by atoms with van der Waals surface area (Å²) in [5, 5.41) is 0. The zero-order valence-electron chi connectivity index (χ0n) is 17.9. The molecule has 0 bridgehead atoms. The van der Waals surface area contributed by atoms with Gasteiger partial charge in [0.2, 0.25) is 4.90 Å². The highest BCUT2D eigenvalue weighted by Gasteiger charge is 2.94. The van der Waals surface area contributed by atoms with Gasteiger partial charge in [0.25, 0.3) is 0 Å². The van der Waals surface area contributed by atoms with Gasteiger partial charge in [-0.3, -0.25) is 18.7 Å². The van der Waals surface area contributed by atoms with Crippen LogP contribution in [0.4, 0.5) is 0 Å². The van der Waals surface area contributed by atoms with Crippen molar-refractivity contribution >= 4 is 27.1 Å². The molecule has 0 amide bonds. The Kier molecular flexibility index (Phi) is 9.52. The largest absolute Gasteiger partial charge is 0.465 e. The van der Waals surface area contributed by atoms with E-state index in [2.05, 4.69) is 0 Å². The van der Waals surface area contributed by atoms with Gasteiger partial charge in [0.05, 0.1) is 39.6 Å². The molecule has 0 heterocycles. The van der Waals surface area contributed by atoms with Crippen LogP contribution in [0.2, 0.25) is 0 Å². The van der Waals surface area contributed by atoms with Gasteiger partial charge in [-0.15, -0.1) is 0 Å². The Labute approximate surface area is 172 Å². The summed E-state index contributed by atoms with van der Waals surface area (Å²) in [5.74, 6) is -2.06. The number of esters is 2. The van der Waals surface area contributed by atoms with Gasteiger partial charge in [0.15, 0.2) is 5.41 Å². The Morgan fingerprint density at radius 2 is 0.966 bits per heavy atom. The van der Waals surface area contributed by atoms with Gasteiger partial charge in [0.1, 0.15) is 0 Å². The quantitative estimate of drug-likeness (QED) is 0.216. The summed E-state index contributed by atoms with van der Waals surface area (Å²) in [6.07, 6.45) is -0.466. The fraction of sp³-hybridized carbons (Fsp3) is 0.882. The first kappa shape index (κ1) is 26.3. The zero-order chi connectivity index (χ0) is 22.3. The molecule has 1 fully saturated rings. The van der Waals surface area contributed by atoms with Gasteiger partial charge in [-0.1, -0.05) is 0 Å². The second-order valence-corrected chi connectivity index (χ2v) is 10.9. The monoisotopic (exact) mass is 458 g/mol. The van der Waals surface area contributed by atoms with Crippen molar-refractivity contribution in [2.75, 3.05) is 39.6 Å². The van der Waals surface area contributed by atoms with E-state index in [-0.39, 0.29) is 39.6 Å². The van der Waals surface area contributed by atoms with E-state index < -0.39 is 43.9 Å². The van der Waals surface area contributed by atoms with Gasteiger partial charge in [-0.05, 0) is 41.5 Å². The summed E-state index contributed by atoms with van der Waals surface area (Å²) >= 11 is 0. The van der Waals surface area contributed by atoms with Crippen molar-refractivity contribution in [2.24, 2.45) is 5.41 Å². The van der Waals surface area contributed by atoms with Crippen LogP contribution in [0.1, 0.15) is 48.0 Å². The van der Waals surface area contributed by atoms with E-state index in [4.69, 9.17) is 27.6 Å². The number of hydrogen-bond acceptors (Lipinski definition) is 10. The van der Waals surface area contributed by atoms with Gasteiger partial charge in [0, 0.05) is 6.42 Å². The summed E-state index contributed by atoms with van der Waals surface area (Å²) in [4.78, 5) is 23.8. The maximum atomic E-state index is 13.9. The van der Waals surface area contributed by atoms with Crippen molar-refractivity contribution in [1.82, 2.24) is 0 Å². The summed E-state index contributed by atoms with van der Waals surface area (Å²) in [5.41, 5.74) is -2.20. The van der Waals surface area contributed by atoms with Crippen molar-refractivity contribution < 1.29 is 46.3 Å². The number of hydrogen-bond donors (Lipinski definition) is 0. The van der Waals surface area contributed by atoms with Crippen LogP contribution in [0.5, 0.6) is 0 Å². The molecule has 1 saturated carbocycles. The third-order valence-corrected chi connectivity index (χ3v) is 11.2. The molecule has 0 N–H and O–H groups in total. The van der Waals surface area contributed by atoms with Crippen LogP contribution in [0, 0.1) is 5.41 Å². The fourth-order valence-electron chi connectivity index (χ4n) is 3.38. The molecule has 0 aliphatic heterocycles. The second kappa shape index (κ2) is 10.5. The van der Waals surface area contributed by atoms with Crippen LogP contribution in [-0.4, -0.2) is 56.5 Å². The third-order valence-electron chi connectivity index (χ3n) is 4.42. The summed E-state index contributed by atoms with van der Waals surface area (Å²) in [7, 11) is -8.77. The molecule has 1 aliphatic carbocycles. The topological polar surface area (TPSA) is 124 Å². The molecule has 0 aromatic carbocycles. The van der Waals surface area contributed by atoms with E-state index in [1.54, 1.807) is 41.5 Å². The molecule has 0 aromatic heterocycles. The van der Waals surface area contributed by atoms with Crippen molar-refractivity contribution in [3.8, 4) is 0 Å². The van der Waals surface area contributed by atoms with Gasteiger partial charge in [-0.25, -0.2) is 0 Å². The first-order chi connectivity index (χ1) is 13.7. The number of rotatable bonds is 14. The molecule has 0 spiro atoms. The maximum Gasteiger partial charge on any atom is 0.350 e.